The monoisotopic (exact) mass is 278 g/mol. The van der Waals surface area contributed by atoms with Gasteiger partial charge < -0.3 is 0 Å². The van der Waals surface area contributed by atoms with Crippen molar-refractivity contribution < 1.29 is 14.4 Å². The van der Waals surface area contributed by atoms with Crippen LogP contribution in [-0.4, -0.2) is 28.8 Å². The molecule has 3 rings (SSSR count). The van der Waals surface area contributed by atoms with Crippen molar-refractivity contribution in [2.24, 2.45) is 10.8 Å². The molecule has 1 unspecified atom stereocenters. The summed E-state index contributed by atoms with van der Waals surface area (Å²) < 4.78 is 0. The average Bonchev–Trinajstić information content (AvgIpc) is 2.28. The largest absolute Gasteiger partial charge is 0.331 e. The van der Waals surface area contributed by atoms with E-state index in [-0.39, 0.29) is 23.3 Å². The van der Waals surface area contributed by atoms with Crippen molar-refractivity contribution in [2.45, 2.75) is 64.8 Å². The van der Waals surface area contributed by atoms with Crippen LogP contribution in [0, 0.1) is 10.8 Å². The minimum absolute atomic E-state index is 0.0728. The Balaban J connectivity index is 1.93. The van der Waals surface area contributed by atoms with Crippen LogP contribution in [0.3, 0.4) is 0 Å². The molecule has 3 aliphatic rings. The number of nitrogens with zero attached hydrogens (tertiary/aromatic N) is 1. The van der Waals surface area contributed by atoms with Crippen LogP contribution in [0.25, 0.3) is 0 Å². The van der Waals surface area contributed by atoms with Crippen LogP contribution in [-0.2, 0) is 9.59 Å². The number of hydrogen-bond acceptors (Lipinski definition) is 3. The summed E-state index contributed by atoms with van der Waals surface area (Å²) >= 11 is 0. The van der Waals surface area contributed by atoms with E-state index in [1.54, 1.807) is 0 Å². The molecule has 20 heavy (non-hydrogen) atoms. The van der Waals surface area contributed by atoms with Gasteiger partial charge in [0.2, 0.25) is 11.8 Å². The van der Waals surface area contributed by atoms with Crippen LogP contribution in [0.5, 0.6) is 0 Å². The lowest BCUT2D eigenvalue weighted by Crippen LogP contribution is -2.69. The fourth-order valence-corrected chi connectivity index (χ4v) is 3.91. The number of imide groups is 2. The number of barbiturate groups is 1. The average molecular weight is 278 g/mol. The van der Waals surface area contributed by atoms with E-state index >= 15 is 0 Å². The van der Waals surface area contributed by atoms with Gasteiger partial charge in [0.25, 0.3) is 0 Å². The minimum Gasteiger partial charge on any atom is -0.277 e. The Morgan fingerprint density at radius 1 is 1.05 bits per heavy atom. The van der Waals surface area contributed by atoms with Crippen molar-refractivity contribution in [2.75, 3.05) is 0 Å². The smallest absolute Gasteiger partial charge is 0.277 e. The van der Waals surface area contributed by atoms with Gasteiger partial charge in [0, 0.05) is 6.04 Å². The second-order valence-electron chi connectivity index (χ2n) is 7.12. The molecule has 1 heterocycles. The third kappa shape index (κ3) is 1.71. The maximum atomic E-state index is 12.8. The predicted octanol–water partition coefficient (Wildman–Crippen LogP) is 2.20. The van der Waals surface area contributed by atoms with Crippen LogP contribution in [0.1, 0.15) is 58.8 Å². The standard InChI is InChI=1S/C15H22N2O3/c1-14(2)7-4-3-6-10(14)17-12(19)15(8-5-9-15)11(18)16-13(17)20/h10H,3-9H2,1-2H3,(H,16,18,20). The summed E-state index contributed by atoms with van der Waals surface area (Å²) in [4.78, 5) is 38.4. The van der Waals surface area contributed by atoms with E-state index in [1.807, 2.05) is 0 Å². The first-order valence-corrected chi connectivity index (χ1v) is 7.58. The van der Waals surface area contributed by atoms with E-state index in [9.17, 15) is 14.4 Å². The van der Waals surface area contributed by atoms with Gasteiger partial charge in [-0.15, -0.1) is 0 Å². The molecule has 1 atom stereocenters. The minimum atomic E-state index is -0.943. The first kappa shape index (κ1) is 13.6. The summed E-state index contributed by atoms with van der Waals surface area (Å²) in [5.74, 6) is -0.638. The van der Waals surface area contributed by atoms with Crippen LogP contribution in [0.15, 0.2) is 0 Å². The Morgan fingerprint density at radius 3 is 2.30 bits per heavy atom. The van der Waals surface area contributed by atoms with Gasteiger partial charge in [-0.3, -0.25) is 19.8 Å². The van der Waals surface area contributed by atoms with E-state index in [0.717, 1.165) is 32.1 Å². The molecule has 0 radical (unpaired) electrons. The van der Waals surface area contributed by atoms with Crippen LogP contribution in [0.4, 0.5) is 4.79 Å². The molecule has 3 fully saturated rings. The highest BCUT2D eigenvalue weighted by Crippen LogP contribution is 2.47. The zero-order valence-corrected chi connectivity index (χ0v) is 12.2. The molecule has 1 saturated heterocycles. The van der Waals surface area contributed by atoms with Crippen molar-refractivity contribution in [1.82, 2.24) is 10.2 Å². The van der Waals surface area contributed by atoms with Gasteiger partial charge >= 0.3 is 6.03 Å². The van der Waals surface area contributed by atoms with Gasteiger partial charge in [-0.2, -0.15) is 0 Å². The number of rotatable bonds is 1. The SMILES string of the molecule is CC1(C)CCCCC1N1C(=O)NC(=O)C2(CCC2)C1=O. The maximum Gasteiger partial charge on any atom is 0.331 e. The van der Waals surface area contributed by atoms with Crippen LogP contribution >= 0.6 is 0 Å². The molecular formula is C15H22N2O3. The van der Waals surface area contributed by atoms with Crippen molar-refractivity contribution >= 4 is 17.8 Å². The summed E-state index contributed by atoms with van der Waals surface area (Å²) in [6.45, 7) is 4.22. The molecule has 4 amide bonds. The van der Waals surface area contributed by atoms with Gasteiger partial charge in [0.15, 0.2) is 0 Å². The molecule has 5 heteroatoms. The third-order valence-electron chi connectivity index (χ3n) is 5.47. The highest BCUT2D eigenvalue weighted by molar-refractivity contribution is 6.19. The lowest BCUT2D eigenvalue weighted by molar-refractivity contribution is -0.161. The summed E-state index contributed by atoms with van der Waals surface area (Å²) in [5, 5.41) is 2.41. The Morgan fingerprint density at radius 2 is 1.75 bits per heavy atom. The molecule has 110 valence electrons. The van der Waals surface area contributed by atoms with Gasteiger partial charge in [0.05, 0.1) is 0 Å². The molecular weight excluding hydrogens is 256 g/mol. The molecule has 0 bridgehead atoms. The molecule has 0 aromatic rings. The van der Waals surface area contributed by atoms with Crippen LogP contribution < -0.4 is 5.32 Å². The molecule has 5 nitrogen and oxygen atoms in total. The number of urea groups is 1. The van der Waals surface area contributed by atoms with E-state index in [2.05, 4.69) is 19.2 Å². The molecule has 1 N–H and O–H groups in total. The molecule has 0 aromatic carbocycles. The fraction of sp³-hybridized carbons (Fsp3) is 0.800. The van der Waals surface area contributed by atoms with Crippen molar-refractivity contribution in [3.8, 4) is 0 Å². The van der Waals surface area contributed by atoms with Gasteiger partial charge in [-0.1, -0.05) is 33.1 Å². The molecule has 0 aromatic heterocycles. The molecule has 1 aliphatic heterocycles. The molecule has 2 saturated carbocycles. The third-order valence-corrected chi connectivity index (χ3v) is 5.47. The van der Waals surface area contributed by atoms with E-state index in [4.69, 9.17) is 0 Å². The number of carbonyl (C=O) groups is 3. The Labute approximate surface area is 119 Å². The predicted molar refractivity (Wildman–Crippen MR) is 72.7 cm³/mol. The normalized spacial score (nSPS) is 32.0. The topological polar surface area (TPSA) is 66.5 Å². The summed E-state index contributed by atoms with van der Waals surface area (Å²) in [6.07, 6.45) is 6.06. The Bertz CT molecular complexity index is 480. The number of carbonyl (C=O) groups excluding carboxylic acids is 3. The molecule has 2 aliphatic carbocycles. The summed E-state index contributed by atoms with van der Waals surface area (Å²) in [7, 11) is 0. The van der Waals surface area contributed by atoms with Gasteiger partial charge in [-0.25, -0.2) is 4.79 Å². The zero-order chi connectivity index (χ0) is 14.5. The van der Waals surface area contributed by atoms with Crippen molar-refractivity contribution in [3.63, 3.8) is 0 Å². The summed E-state index contributed by atoms with van der Waals surface area (Å²) in [5.41, 5.74) is -1.02. The quantitative estimate of drug-likeness (QED) is 0.748. The van der Waals surface area contributed by atoms with E-state index in [0.29, 0.717) is 12.8 Å². The number of hydrogen-bond donors (Lipinski definition) is 1. The zero-order valence-electron chi connectivity index (χ0n) is 12.2. The van der Waals surface area contributed by atoms with Crippen LogP contribution in [0.2, 0.25) is 0 Å². The van der Waals surface area contributed by atoms with Crippen molar-refractivity contribution in [3.05, 3.63) is 0 Å². The maximum absolute atomic E-state index is 12.8. The second kappa shape index (κ2) is 4.30. The molecule has 1 spiro atoms. The van der Waals surface area contributed by atoms with E-state index in [1.165, 1.54) is 4.90 Å². The van der Waals surface area contributed by atoms with Crippen molar-refractivity contribution in [1.29, 1.82) is 0 Å². The number of amides is 4. The first-order valence-electron chi connectivity index (χ1n) is 7.58. The van der Waals surface area contributed by atoms with Gasteiger partial charge in [0.1, 0.15) is 5.41 Å². The Kier molecular flexibility index (Phi) is 2.92. The van der Waals surface area contributed by atoms with Gasteiger partial charge in [-0.05, 0) is 31.1 Å². The first-order chi connectivity index (χ1) is 9.38. The lowest BCUT2D eigenvalue weighted by atomic mass is 9.65. The van der Waals surface area contributed by atoms with E-state index < -0.39 is 11.4 Å². The Hall–Kier alpha value is -1.39. The second-order valence-corrected chi connectivity index (χ2v) is 7.12. The fourth-order valence-electron chi connectivity index (χ4n) is 3.91. The highest BCUT2D eigenvalue weighted by atomic mass is 16.2. The highest BCUT2D eigenvalue weighted by Gasteiger charge is 2.59. The number of nitrogens with one attached hydrogen (secondary N) is 1. The summed E-state index contributed by atoms with van der Waals surface area (Å²) in [6, 6.07) is -0.605. The lowest BCUT2D eigenvalue weighted by Gasteiger charge is -2.51.